The number of carbonyl (C=O) groups excluding carboxylic acids is 1. The maximum absolute atomic E-state index is 11.2. The van der Waals surface area contributed by atoms with Crippen molar-refractivity contribution in [3.8, 4) is 0 Å². The number of amides is 1. The minimum Gasteiger partial charge on any atom is -0.363 e. The van der Waals surface area contributed by atoms with Gasteiger partial charge in [-0.2, -0.15) is 0 Å². The zero-order chi connectivity index (χ0) is 12.7. The topological polar surface area (TPSA) is 53.2 Å². The Balaban J connectivity index is 2.55. The van der Waals surface area contributed by atoms with E-state index < -0.39 is 0 Å². The van der Waals surface area contributed by atoms with E-state index in [-0.39, 0.29) is 5.91 Å². The molecular weight excluding hydrogens is 234 g/mol. The van der Waals surface area contributed by atoms with Gasteiger partial charge in [-0.1, -0.05) is 12.1 Å². The molecule has 0 saturated carbocycles. The molecule has 0 aromatic heterocycles. The van der Waals surface area contributed by atoms with E-state index in [0.717, 1.165) is 17.8 Å². The van der Waals surface area contributed by atoms with Crippen molar-refractivity contribution < 1.29 is 4.79 Å². The summed E-state index contributed by atoms with van der Waals surface area (Å²) in [6, 6.07) is 7.63. The van der Waals surface area contributed by atoms with Gasteiger partial charge in [-0.15, -0.1) is 0 Å². The van der Waals surface area contributed by atoms with Gasteiger partial charge >= 0.3 is 0 Å². The second-order valence-electron chi connectivity index (χ2n) is 3.53. The molecule has 0 aliphatic heterocycles. The van der Waals surface area contributed by atoms with E-state index >= 15 is 0 Å². The normalized spacial score (nSPS) is 9.53. The van der Waals surface area contributed by atoms with Crippen LogP contribution in [-0.4, -0.2) is 24.6 Å². The van der Waals surface area contributed by atoms with Crippen molar-refractivity contribution in [3.63, 3.8) is 0 Å². The molecule has 0 atom stereocenters. The summed E-state index contributed by atoms with van der Waals surface area (Å²) in [6.45, 7) is 2.78. The van der Waals surface area contributed by atoms with Crippen LogP contribution in [0.25, 0.3) is 0 Å². The lowest BCUT2D eigenvalue weighted by Crippen LogP contribution is -2.27. The van der Waals surface area contributed by atoms with Gasteiger partial charge < -0.3 is 16.0 Å². The molecule has 92 valence electrons. The Morgan fingerprint density at radius 2 is 1.94 bits per heavy atom. The highest BCUT2D eigenvalue weighted by Gasteiger charge is 2.01. The third-order valence-electron chi connectivity index (χ3n) is 2.19. The van der Waals surface area contributed by atoms with E-state index in [9.17, 15) is 4.79 Å². The van der Waals surface area contributed by atoms with Gasteiger partial charge in [0, 0.05) is 19.3 Å². The molecular formula is C12H17N3OS. The SMILES string of the molecule is CCNC(=S)Nc1ccc(CC(=O)NC)cc1. The van der Waals surface area contributed by atoms with Crippen LogP contribution >= 0.6 is 12.2 Å². The summed E-state index contributed by atoms with van der Waals surface area (Å²) in [5.74, 6) is 0.00822. The van der Waals surface area contributed by atoms with Crippen LogP contribution in [0.5, 0.6) is 0 Å². The first-order valence-corrected chi connectivity index (χ1v) is 5.91. The molecule has 1 rings (SSSR count). The fraction of sp³-hybridized carbons (Fsp3) is 0.333. The molecule has 0 radical (unpaired) electrons. The number of thiocarbonyl (C=S) groups is 1. The maximum Gasteiger partial charge on any atom is 0.224 e. The van der Waals surface area contributed by atoms with Crippen LogP contribution in [0.3, 0.4) is 0 Å². The predicted octanol–water partition coefficient (Wildman–Crippen LogP) is 1.28. The Labute approximate surface area is 107 Å². The quantitative estimate of drug-likeness (QED) is 0.706. The predicted molar refractivity (Wildman–Crippen MR) is 74.1 cm³/mol. The lowest BCUT2D eigenvalue weighted by molar-refractivity contribution is -0.119. The number of hydrogen-bond acceptors (Lipinski definition) is 2. The molecule has 0 heterocycles. The van der Waals surface area contributed by atoms with E-state index in [1.165, 1.54) is 0 Å². The van der Waals surface area contributed by atoms with Crippen molar-refractivity contribution in [2.45, 2.75) is 13.3 Å². The third kappa shape index (κ3) is 4.82. The van der Waals surface area contributed by atoms with E-state index in [1.54, 1.807) is 7.05 Å². The lowest BCUT2D eigenvalue weighted by Gasteiger charge is -2.09. The molecule has 1 amide bonds. The van der Waals surface area contributed by atoms with Gasteiger partial charge in [0.25, 0.3) is 0 Å². The molecule has 0 aliphatic rings. The van der Waals surface area contributed by atoms with E-state index in [1.807, 2.05) is 31.2 Å². The second-order valence-corrected chi connectivity index (χ2v) is 3.94. The summed E-state index contributed by atoms with van der Waals surface area (Å²) >= 11 is 5.07. The molecule has 3 N–H and O–H groups in total. The maximum atomic E-state index is 11.2. The van der Waals surface area contributed by atoms with Crippen LogP contribution in [0.15, 0.2) is 24.3 Å². The zero-order valence-corrected chi connectivity index (χ0v) is 10.9. The van der Waals surface area contributed by atoms with Crippen LogP contribution in [0.2, 0.25) is 0 Å². The minimum absolute atomic E-state index is 0.00822. The lowest BCUT2D eigenvalue weighted by atomic mass is 10.1. The van der Waals surface area contributed by atoms with Crippen molar-refractivity contribution in [2.24, 2.45) is 0 Å². The first-order chi connectivity index (χ1) is 8.15. The third-order valence-corrected chi connectivity index (χ3v) is 2.44. The summed E-state index contributed by atoms with van der Waals surface area (Å²) in [5.41, 5.74) is 1.89. The Morgan fingerprint density at radius 1 is 1.29 bits per heavy atom. The molecule has 0 aliphatic carbocycles. The number of nitrogens with one attached hydrogen (secondary N) is 3. The molecule has 5 heteroatoms. The fourth-order valence-corrected chi connectivity index (χ4v) is 1.58. The van der Waals surface area contributed by atoms with Crippen LogP contribution in [0.1, 0.15) is 12.5 Å². The second kappa shape index (κ2) is 6.85. The Bertz CT molecular complexity index is 389. The highest BCUT2D eigenvalue weighted by molar-refractivity contribution is 7.80. The standard InChI is InChI=1S/C12H17N3OS/c1-3-14-12(17)15-10-6-4-9(5-7-10)8-11(16)13-2/h4-7H,3,8H2,1-2H3,(H,13,16)(H2,14,15,17). The summed E-state index contributed by atoms with van der Waals surface area (Å²) in [7, 11) is 1.63. The van der Waals surface area contributed by atoms with Crippen molar-refractivity contribution in [2.75, 3.05) is 18.9 Å². The molecule has 1 aromatic rings. The molecule has 0 fully saturated rings. The zero-order valence-electron chi connectivity index (χ0n) is 10.0. The minimum atomic E-state index is 0.00822. The summed E-state index contributed by atoms with van der Waals surface area (Å²) in [5, 5.41) is 9.26. The number of likely N-dealkylation sites (N-methyl/N-ethyl adjacent to an activating group) is 1. The average molecular weight is 251 g/mol. The van der Waals surface area contributed by atoms with Crippen LogP contribution in [0.4, 0.5) is 5.69 Å². The van der Waals surface area contributed by atoms with E-state index in [2.05, 4.69) is 16.0 Å². The van der Waals surface area contributed by atoms with Gasteiger partial charge in [0.1, 0.15) is 0 Å². The van der Waals surface area contributed by atoms with Gasteiger partial charge in [0.2, 0.25) is 5.91 Å². The van der Waals surface area contributed by atoms with Gasteiger partial charge in [0.05, 0.1) is 6.42 Å². The number of carbonyl (C=O) groups is 1. The average Bonchev–Trinajstić information content (AvgIpc) is 2.32. The number of benzene rings is 1. The molecule has 4 nitrogen and oxygen atoms in total. The highest BCUT2D eigenvalue weighted by atomic mass is 32.1. The van der Waals surface area contributed by atoms with Crippen molar-refractivity contribution >= 4 is 28.9 Å². The monoisotopic (exact) mass is 251 g/mol. The number of rotatable bonds is 4. The molecule has 0 saturated heterocycles. The molecule has 0 bridgehead atoms. The largest absolute Gasteiger partial charge is 0.363 e. The first-order valence-electron chi connectivity index (χ1n) is 5.50. The van der Waals surface area contributed by atoms with Crippen molar-refractivity contribution in [3.05, 3.63) is 29.8 Å². The number of anilines is 1. The summed E-state index contributed by atoms with van der Waals surface area (Å²) in [6.07, 6.45) is 0.397. The van der Waals surface area contributed by atoms with Crippen LogP contribution < -0.4 is 16.0 Å². The van der Waals surface area contributed by atoms with E-state index in [0.29, 0.717) is 11.5 Å². The van der Waals surface area contributed by atoms with Crippen LogP contribution in [-0.2, 0) is 11.2 Å². The number of hydrogen-bond donors (Lipinski definition) is 3. The molecule has 0 unspecified atom stereocenters. The Hall–Kier alpha value is -1.62. The van der Waals surface area contributed by atoms with Gasteiger partial charge in [-0.3, -0.25) is 4.79 Å². The molecule has 1 aromatic carbocycles. The Morgan fingerprint density at radius 3 is 2.47 bits per heavy atom. The van der Waals surface area contributed by atoms with Crippen molar-refractivity contribution in [1.29, 1.82) is 0 Å². The van der Waals surface area contributed by atoms with Gasteiger partial charge in [0.15, 0.2) is 5.11 Å². The van der Waals surface area contributed by atoms with Gasteiger partial charge in [-0.05, 0) is 36.8 Å². The summed E-state index contributed by atoms with van der Waals surface area (Å²) < 4.78 is 0. The first kappa shape index (κ1) is 13.4. The van der Waals surface area contributed by atoms with Crippen LogP contribution in [0, 0.1) is 0 Å². The van der Waals surface area contributed by atoms with E-state index in [4.69, 9.17) is 12.2 Å². The Kier molecular flexibility index (Phi) is 5.42. The van der Waals surface area contributed by atoms with Gasteiger partial charge in [-0.25, -0.2) is 0 Å². The summed E-state index contributed by atoms with van der Waals surface area (Å²) in [4.78, 5) is 11.2. The molecule has 17 heavy (non-hydrogen) atoms. The molecule has 0 spiro atoms. The highest BCUT2D eigenvalue weighted by Crippen LogP contribution is 2.09. The van der Waals surface area contributed by atoms with Crippen molar-refractivity contribution in [1.82, 2.24) is 10.6 Å². The fourth-order valence-electron chi connectivity index (χ4n) is 1.32. The smallest absolute Gasteiger partial charge is 0.224 e.